The second-order valence-corrected chi connectivity index (χ2v) is 4.92. The molecule has 0 spiro atoms. The van der Waals surface area contributed by atoms with E-state index < -0.39 is 0 Å². The molecule has 1 aliphatic rings. The number of rotatable bonds is 3. The van der Waals surface area contributed by atoms with Gasteiger partial charge in [-0.3, -0.25) is 4.79 Å². The topological polar surface area (TPSA) is 80.2 Å². The first-order chi connectivity index (χ1) is 10.8. The average molecular weight is 299 g/mol. The van der Waals surface area contributed by atoms with Gasteiger partial charge < -0.3 is 15.0 Å². The Morgan fingerprint density at radius 1 is 1.36 bits per heavy atom. The van der Waals surface area contributed by atoms with Gasteiger partial charge in [0.1, 0.15) is 11.9 Å². The number of hydrogen-bond acceptors (Lipinski definition) is 6. The van der Waals surface area contributed by atoms with E-state index in [1.807, 2.05) is 25.2 Å². The van der Waals surface area contributed by atoms with Gasteiger partial charge in [-0.2, -0.15) is 5.10 Å². The molecule has 7 heteroatoms. The van der Waals surface area contributed by atoms with Gasteiger partial charge in [0.25, 0.3) is 5.91 Å². The molecule has 7 nitrogen and oxygen atoms in total. The summed E-state index contributed by atoms with van der Waals surface area (Å²) in [5.74, 6) is 0.643. The van der Waals surface area contributed by atoms with Gasteiger partial charge in [-0.15, -0.1) is 5.10 Å². The number of pyridine rings is 1. The molecule has 114 valence electrons. The molecule has 1 aliphatic heterocycles. The van der Waals surface area contributed by atoms with Crippen LogP contribution in [0.1, 0.15) is 22.3 Å². The lowest BCUT2D eigenvalue weighted by Crippen LogP contribution is -2.42. The number of carbonyl (C=O) groups excluding carboxylic acids is 1. The first-order valence-electron chi connectivity index (χ1n) is 7.11. The molecule has 0 aliphatic carbocycles. The summed E-state index contributed by atoms with van der Waals surface area (Å²) in [7, 11) is 1.82. The fourth-order valence-electron chi connectivity index (χ4n) is 2.36. The molecule has 22 heavy (non-hydrogen) atoms. The van der Waals surface area contributed by atoms with Crippen LogP contribution >= 0.6 is 0 Å². The van der Waals surface area contributed by atoms with E-state index in [2.05, 4.69) is 20.5 Å². The molecule has 1 saturated heterocycles. The highest BCUT2D eigenvalue weighted by Crippen LogP contribution is 2.22. The number of carbonyl (C=O) groups is 1. The van der Waals surface area contributed by atoms with Crippen molar-refractivity contribution >= 4 is 11.7 Å². The zero-order valence-electron chi connectivity index (χ0n) is 12.3. The zero-order chi connectivity index (χ0) is 15.4. The van der Waals surface area contributed by atoms with Crippen molar-refractivity contribution in [1.29, 1.82) is 0 Å². The van der Waals surface area contributed by atoms with Crippen LogP contribution in [0, 0.1) is 0 Å². The summed E-state index contributed by atoms with van der Waals surface area (Å²) in [6.45, 7) is 1.47. The van der Waals surface area contributed by atoms with E-state index in [4.69, 9.17) is 4.74 Å². The normalized spacial score (nSPS) is 18.0. The van der Waals surface area contributed by atoms with Gasteiger partial charge in [0.2, 0.25) is 0 Å². The fraction of sp³-hybridized carbons (Fsp3) is 0.333. The molecule has 3 rings (SSSR count). The highest BCUT2D eigenvalue weighted by atomic mass is 16.5. The smallest absolute Gasteiger partial charge is 0.274 e. The zero-order valence-corrected chi connectivity index (χ0v) is 12.3. The SMILES string of the molecule is CNc1cccc([C@@H]2CN(C(=O)c3cccnn3)CCO2)n1. The molecule has 0 radical (unpaired) electrons. The molecular weight excluding hydrogens is 282 g/mol. The van der Waals surface area contributed by atoms with Crippen molar-refractivity contribution in [2.45, 2.75) is 6.10 Å². The Bertz CT molecular complexity index is 649. The second kappa shape index (κ2) is 6.48. The van der Waals surface area contributed by atoms with Crippen molar-refractivity contribution in [2.75, 3.05) is 32.1 Å². The fourth-order valence-corrected chi connectivity index (χ4v) is 2.36. The summed E-state index contributed by atoms with van der Waals surface area (Å²) in [6.07, 6.45) is 1.31. The van der Waals surface area contributed by atoms with Gasteiger partial charge in [0, 0.05) is 19.8 Å². The average Bonchev–Trinajstić information content (AvgIpc) is 2.62. The third-order valence-electron chi connectivity index (χ3n) is 3.50. The molecule has 1 N–H and O–H groups in total. The van der Waals surface area contributed by atoms with Crippen molar-refractivity contribution in [3.05, 3.63) is 47.9 Å². The molecule has 1 fully saturated rings. The molecule has 2 aromatic rings. The van der Waals surface area contributed by atoms with Crippen LogP contribution in [-0.4, -0.2) is 52.7 Å². The monoisotopic (exact) mass is 299 g/mol. The summed E-state index contributed by atoms with van der Waals surface area (Å²) in [5, 5.41) is 10.6. The Hall–Kier alpha value is -2.54. The third kappa shape index (κ3) is 3.04. The summed E-state index contributed by atoms with van der Waals surface area (Å²) in [6, 6.07) is 9.08. The predicted molar refractivity (Wildman–Crippen MR) is 80.4 cm³/mol. The van der Waals surface area contributed by atoms with Crippen LogP contribution in [0.4, 0.5) is 5.82 Å². The number of aromatic nitrogens is 3. The molecule has 1 atom stereocenters. The first kappa shape index (κ1) is 14.4. The molecule has 2 aromatic heterocycles. The highest BCUT2D eigenvalue weighted by molar-refractivity contribution is 5.92. The van der Waals surface area contributed by atoms with Crippen LogP contribution in [-0.2, 0) is 4.74 Å². The van der Waals surface area contributed by atoms with Crippen LogP contribution in [0.2, 0.25) is 0 Å². The molecular formula is C15H17N5O2. The standard InChI is InChI=1S/C15H17N5O2/c1-16-14-6-2-4-11(18-14)13-10-20(8-9-22-13)15(21)12-5-3-7-17-19-12/h2-7,13H,8-10H2,1H3,(H,16,18)/t13-/m0/s1. The minimum atomic E-state index is -0.234. The van der Waals surface area contributed by atoms with Crippen LogP contribution in [0.25, 0.3) is 0 Å². The Morgan fingerprint density at radius 3 is 3.05 bits per heavy atom. The maximum atomic E-state index is 12.4. The predicted octanol–water partition coefficient (Wildman–Crippen LogP) is 1.13. The maximum Gasteiger partial charge on any atom is 0.274 e. The number of morpholine rings is 1. The van der Waals surface area contributed by atoms with E-state index in [-0.39, 0.29) is 12.0 Å². The highest BCUT2D eigenvalue weighted by Gasteiger charge is 2.27. The van der Waals surface area contributed by atoms with Crippen LogP contribution < -0.4 is 5.32 Å². The van der Waals surface area contributed by atoms with E-state index in [9.17, 15) is 4.79 Å². The Morgan fingerprint density at radius 2 is 2.27 bits per heavy atom. The van der Waals surface area contributed by atoms with E-state index in [0.717, 1.165) is 11.5 Å². The van der Waals surface area contributed by atoms with E-state index in [1.54, 1.807) is 23.2 Å². The Kier molecular flexibility index (Phi) is 4.24. The minimum Gasteiger partial charge on any atom is -0.373 e. The van der Waals surface area contributed by atoms with Gasteiger partial charge in [0.05, 0.1) is 18.8 Å². The summed E-state index contributed by atoms with van der Waals surface area (Å²) in [5.41, 5.74) is 1.16. The molecule has 3 heterocycles. The summed E-state index contributed by atoms with van der Waals surface area (Å²) < 4.78 is 5.76. The summed E-state index contributed by atoms with van der Waals surface area (Å²) in [4.78, 5) is 18.6. The number of anilines is 1. The molecule has 0 saturated carbocycles. The second-order valence-electron chi connectivity index (χ2n) is 4.92. The van der Waals surface area contributed by atoms with Crippen molar-refractivity contribution in [3.63, 3.8) is 0 Å². The van der Waals surface area contributed by atoms with E-state index in [0.29, 0.717) is 25.4 Å². The van der Waals surface area contributed by atoms with Crippen LogP contribution in [0.5, 0.6) is 0 Å². The van der Waals surface area contributed by atoms with Crippen LogP contribution in [0.15, 0.2) is 36.5 Å². The van der Waals surface area contributed by atoms with Crippen molar-refractivity contribution in [1.82, 2.24) is 20.1 Å². The Labute approximate surface area is 128 Å². The number of nitrogens with one attached hydrogen (secondary N) is 1. The largest absolute Gasteiger partial charge is 0.373 e. The number of ether oxygens (including phenoxy) is 1. The lowest BCUT2D eigenvalue weighted by atomic mass is 10.1. The maximum absolute atomic E-state index is 12.4. The van der Waals surface area contributed by atoms with Crippen molar-refractivity contribution < 1.29 is 9.53 Å². The first-order valence-corrected chi connectivity index (χ1v) is 7.11. The third-order valence-corrected chi connectivity index (χ3v) is 3.50. The van der Waals surface area contributed by atoms with Crippen LogP contribution in [0.3, 0.4) is 0 Å². The molecule has 0 aromatic carbocycles. The van der Waals surface area contributed by atoms with Gasteiger partial charge in [0.15, 0.2) is 5.69 Å². The van der Waals surface area contributed by atoms with E-state index in [1.165, 1.54) is 0 Å². The number of hydrogen-bond donors (Lipinski definition) is 1. The van der Waals surface area contributed by atoms with Gasteiger partial charge in [-0.05, 0) is 24.3 Å². The quantitative estimate of drug-likeness (QED) is 0.915. The molecule has 1 amide bonds. The minimum absolute atomic E-state index is 0.133. The van der Waals surface area contributed by atoms with Gasteiger partial charge >= 0.3 is 0 Å². The number of amides is 1. The lowest BCUT2D eigenvalue weighted by Gasteiger charge is -2.32. The van der Waals surface area contributed by atoms with Crippen molar-refractivity contribution in [3.8, 4) is 0 Å². The van der Waals surface area contributed by atoms with Gasteiger partial charge in [-0.1, -0.05) is 6.07 Å². The summed E-state index contributed by atoms with van der Waals surface area (Å²) >= 11 is 0. The Balaban J connectivity index is 1.75. The molecule has 0 unspecified atom stereocenters. The lowest BCUT2D eigenvalue weighted by molar-refractivity contribution is -0.0248. The van der Waals surface area contributed by atoms with Crippen molar-refractivity contribution in [2.24, 2.45) is 0 Å². The number of nitrogens with zero attached hydrogens (tertiary/aromatic N) is 4. The van der Waals surface area contributed by atoms with E-state index >= 15 is 0 Å². The molecule has 0 bridgehead atoms. The van der Waals surface area contributed by atoms with Gasteiger partial charge in [-0.25, -0.2) is 4.98 Å².